The van der Waals surface area contributed by atoms with Crippen molar-refractivity contribution >= 4 is 22.7 Å². The first-order valence-electron chi connectivity index (χ1n) is 12.4. The van der Waals surface area contributed by atoms with Gasteiger partial charge in [-0.05, 0) is 54.3 Å². The Kier molecular flexibility index (Phi) is 4.82. The van der Waals surface area contributed by atoms with Gasteiger partial charge in [0.1, 0.15) is 30.2 Å². The molecule has 0 aliphatic carbocycles. The molecule has 1 N–H and O–H groups in total. The van der Waals surface area contributed by atoms with E-state index in [-0.39, 0.29) is 23.9 Å². The van der Waals surface area contributed by atoms with Crippen LogP contribution in [0, 0.1) is 6.92 Å². The summed E-state index contributed by atoms with van der Waals surface area (Å²) in [5.74, 6) is 1.40. The fourth-order valence-corrected chi connectivity index (χ4v) is 6.02. The molecule has 0 saturated carbocycles. The third-order valence-electron chi connectivity index (χ3n) is 7.73. The number of ether oxygens (including phenoxy) is 3. The van der Waals surface area contributed by atoms with E-state index in [1.54, 1.807) is 0 Å². The molecular formula is C29H27N3O4. The highest BCUT2D eigenvalue weighted by molar-refractivity contribution is 5.81. The molecule has 182 valence electrons. The number of nitrogens with zero attached hydrogens (tertiary/aromatic N) is 2. The number of hydrogen-bond acceptors (Lipinski definition) is 6. The fourth-order valence-electron chi connectivity index (χ4n) is 6.02. The molecule has 1 saturated heterocycles. The predicted molar refractivity (Wildman–Crippen MR) is 136 cm³/mol. The minimum absolute atomic E-state index is 0.0324. The highest BCUT2D eigenvalue weighted by atomic mass is 16.5. The van der Waals surface area contributed by atoms with Crippen LogP contribution >= 0.6 is 0 Å². The van der Waals surface area contributed by atoms with Crippen molar-refractivity contribution in [2.24, 2.45) is 0 Å². The second kappa shape index (κ2) is 8.10. The Bertz CT molecular complexity index is 1520. The van der Waals surface area contributed by atoms with Crippen LogP contribution in [-0.4, -0.2) is 35.8 Å². The van der Waals surface area contributed by atoms with Crippen molar-refractivity contribution in [3.63, 3.8) is 0 Å². The number of anilines is 1. The zero-order valence-corrected chi connectivity index (χ0v) is 20.3. The topological polar surface area (TPSA) is 74.6 Å². The van der Waals surface area contributed by atoms with Crippen LogP contribution in [0.4, 0.5) is 5.69 Å². The van der Waals surface area contributed by atoms with Crippen molar-refractivity contribution in [3.05, 3.63) is 82.7 Å². The average Bonchev–Trinajstić information content (AvgIpc) is 3.63. The summed E-state index contributed by atoms with van der Waals surface area (Å²) >= 11 is 0. The number of carbonyl (C=O) groups is 1. The quantitative estimate of drug-likeness (QED) is 0.406. The van der Waals surface area contributed by atoms with Crippen LogP contribution in [0.2, 0.25) is 0 Å². The van der Waals surface area contributed by atoms with Gasteiger partial charge < -0.3 is 19.5 Å². The molecule has 1 fully saturated rings. The van der Waals surface area contributed by atoms with Crippen LogP contribution in [0.3, 0.4) is 0 Å². The van der Waals surface area contributed by atoms with E-state index in [4.69, 9.17) is 19.2 Å². The smallest absolute Gasteiger partial charge is 0.316 e. The van der Waals surface area contributed by atoms with Gasteiger partial charge in [-0.2, -0.15) is 0 Å². The molecule has 4 heterocycles. The monoisotopic (exact) mass is 481 g/mol. The molecular weight excluding hydrogens is 454 g/mol. The molecule has 0 bridgehead atoms. The molecule has 7 rings (SSSR count). The molecule has 0 spiro atoms. The van der Waals surface area contributed by atoms with E-state index >= 15 is 0 Å². The van der Waals surface area contributed by atoms with Gasteiger partial charge in [0.25, 0.3) is 0 Å². The Labute approximate surface area is 209 Å². The second-order valence-electron chi connectivity index (χ2n) is 9.83. The zero-order chi connectivity index (χ0) is 24.4. The Morgan fingerprint density at radius 3 is 3.00 bits per heavy atom. The van der Waals surface area contributed by atoms with Gasteiger partial charge in [-0.1, -0.05) is 24.3 Å². The standard InChI is InChI=1S/C29H27N3O4/c1-16-6-9-23-22(12-16)31-28-27-20(10-11-35-27)26-17(4-3-5-24(26)32(23)28)14-30-18-7-8-19-21(29(33)34-2)15-36-25(19)13-18/h3-9,12-13,20-21,27,30H,10-11,14-15H2,1-2H3/t20?,21?,27-/m1/s1. The number of methoxy groups -OCH3 is 1. The Morgan fingerprint density at radius 1 is 1.19 bits per heavy atom. The van der Waals surface area contributed by atoms with Gasteiger partial charge in [0.2, 0.25) is 0 Å². The van der Waals surface area contributed by atoms with Crippen molar-refractivity contribution < 1.29 is 19.0 Å². The van der Waals surface area contributed by atoms with E-state index in [9.17, 15) is 4.79 Å². The number of hydrogen-bond donors (Lipinski definition) is 1. The molecule has 7 heteroatoms. The third-order valence-corrected chi connectivity index (χ3v) is 7.73. The Balaban J connectivity index is 1.24. The molecule has 7 nitrogen and oxygen atoms in total. The highest BCUT2D eigenvalue weighted by Gasteiger charge is 2.41. The number of carbonyl (C=O) groups excluding carboxylic acids is 1. The zero-order valence-electron chi connectivity index (χ0n) is 20.3. The molecule has 3 aromatic carbocycles. The van der Waals surface area contributed by atoms with Gasteiger partial charge in [-0.15, -0.1) is 0 Å². The SMILES string of the molecule is COC(=O)C1COc2cc(NCc3cccc4c3C3CCO[C@H]3c3nc5cc(C)ccc5n3-4)ccc21. The first-order valence-corrected chi connectivity index (χ1v) is 12.4. The van der Waals surface area contributed by atoms with Crippen LogP contribution < -0.4 is 10.1 Å². The Morgan fingerprint density at radius 2 is 2.11 bits per heavy atom. The molecule has 3 aliphatic rings. The van der Waals surface area contributed by atoms with E-state index in [0.717, 1.165) is 46.9 Å². The Hall–Kier alpha value is -3.84. The lowest BCUT2D eigenvalue weighted by Crippen LogP contribution is -2.22. The minimum atomic E-state index is -0.359. The molecule has 4 aromatic rings. The summed E-state index contributed by atoms with van der Waals surface area (Å²) in [7, 11) is 1.41. The second-order valence-corrected chi connectivity index (χ2v) is 9.83. The maximum Gasteiger partial charge on any atom is 0.316 e. The van der Waals surface area contributed by atoms with Gasteiger partial charge in [-0.3, -0.25) is 9.36 Å². The maximum atomic E-state index is 12.0. The molecule has 2 unspecified atom stereocenters. The summed E-state index contributed by atoms with van der Waals surface area (Å²) in [6.45, 7) is 3.83. The number of aromatic nitrogens is 2. The number of aryl methyl sites for hydroxylation is 1. The predicted octanol–water partition coefficient (Wildman–Crippen LogP) is 5.15. The summed E-state index contributed by atoms with van der Waals surface area (Å²) in [5.41, 5.74) is 8.95. The van der Waals surface area contributed by atoms with Crippen molar-refractivity contribution in [2.45, 2.75) is 37.8 Å². The normalized spacial score (nSPS) is 21.3. The first kappa shape index (κ1) is 21.4. The summed E-state index contributed by atoms with van der Waals surface area (Å²) in [4.78, 5) is 17.0. The first-order chi connectivity index (χ1) is 17.6. The molecule has 3 aliphatic heterocycles. The lowest BCUT2D eigenvalue weighted by atomic mass is 9.84. The maximum absolute atomic E-state index is 12.0. The van der Waals surface area contributed by atoms with E-state index in [0.29, 0.717) is 13.2 Å². The van der Waals surface area contributed by atoms with E-state index in [1.165, 1.54) is 29.5 Å². The summed E-state index contributed by atoms with van der Waals surface area (Å²) < 4.78 is 19.2. The number of imidazole rings is 1. The number of nitrogens with one attached hydrogen (secondary N) is 1. The minimum Gasteiger partial charge on any atom is -0.492 e. The van der Waals surface area contributed by atoms with Gasteiger partial charge in [0.05, 0.1) is 23.8 Å². The van der Waals surface area contributed by atoms with Crippen LogP contribution in [-0.2, 0) is 20.8 Å². The summed E-state index contributed by atoms with van der Waals surface area (Å²) in [6, 6.07) is 18.9. The molecule has 0 amide bonds. The number of rotatable bonds is 4. The number of fused-ring (bicyclic) bond motifs is 9. The number of benzene rings is 3. The van der Waals surface area contributed by atoms with Gasteiger partial charge in [0.15, 0.2) is 0 Å². The molecule has 36 heavy (non-hydrogen) atoms. The van der Waals surface area contributed by atoms with Crippen LogP contribution in [0.1, 0.15) is 52.4 Å². The van der Waals surface area contributed by atoms with Crippen molar-refractivity contribution in [1.29, 1.82) is 0 Å². The van der Waals surface area contributed by atoms with Crippen LogP contribution in [0.25, 0.3) is 16.7 Å². The number of esters is 1. The van der Waals surface area contributed by atoms with Crippen LogP contribution in [0.15, 0.2) is 54.6 Å². The van der Waals surface area contributed by atoms with Gasteiger partial charge in [0, 0.05) is 36.4 Å². The summed E-state index contributed by atoms with van der Waals surface area (Å²) in [5, 5.41) is 3.58. The van der Waals surface area contributed by atoms with Crippen molar-refractivity contribution in [2.75, 3.05) is 25.6 Å². The van der Waals surface area contributed by atoms with Crippen LogP contribution in [0.5, 0.6) is 5.75 Å². The molecule has 1 aromatic heterocycles. The average molecular weight is 482 g/mol. The molecule has 3 atom stereocenters. The van der Waals surface area contributed by atoms with Crippen molar-refractivity contribution in [1.82, 2.24) is 9.55 Å². The largest absolute Gasteiger partial charge is 0.492 e. The van der Waals surface area contributed by atoms with E-state index in [1.807, 2.05) is 18.2 Å². The third kappa shape index (κ3) is 3.15. The summed E-state index contributed by atoms with van der Waals surface area (Å²) in [6.07, 6.45) is 0.952. The lowest BCUT2D eigenvalue weighted by molar-refractivity contribution is -0.142. The van der Waals surface area contributed by atoms with Crippen molar-refractivity contribution in [3.8, 4) is 11.4 Å². The van der Waals surface area contributed by atoms with E-state index in [2.05, 4.69) is 53.2 Å². The van der Waals surface area contributed by atoms with E-state index < -0.39 is 0 Å². The van der Waals surface area contributed by atoms with Gasteiger partial charge >= 0.3 is 5.97 Å². The molecule has 0 radical (unpaired) electrons. The lowest BCUT2D eigenvalue weighted by Gasteiger charge is -2.30. The highest BCUT2D eigenvalue weighted by Crippen LogP contribution is 2.50. The fraction of sp³-hybridized carbons (Fsp3) is 0.310. The van der Waals surface area contributed by atoms with Gasteiger partial charge in [-0.25, -0.2) is 4.98 Å².